The Balaban J connectivity index is 1.50. The Bertz CT molecular complexity index is 1430. The summed E-state index contributed by atoms with van der Waals surface area (Å²) in [5, 5.41) is 0.992. The van der Waals surface area contributed by atoms with Crippen molar-refractivity contribution in [2.45, 2.75) is 25.5 Å². The molecule has 5 rings (SSSR count). The molecule has 0 saturated carbocycles. The van der Waals surface area contributed by atoms with E-state index in [0.29, 0.717) is 42.4 Å². The fourth-order valence-electron chi connectivity index (χ4n) is 4.37. The number of imidazole rings is 1. The fraction of sp³-hybridized carbons (Fsp3) is 0.200. The minimum Gasteiger partial charge on any atom is -0.489 e. The molecular weight excluding hydrogens is 450 g/mol. The largest absolute Gasteiger partial charge is 0.489 e. The van der Waals surface area contributed by atoms with E-state index in [-0.39, 0.29) is 0 Å². The van der Waals surface area contributed by atoms with Gasteiger partial charge in [0.05, 0.1) is 6.04 Å². The Hall–Kier alpha value is -3.69. The molecule has 9 heteroatoms. The molecule has 2 aromatic heterocycles. The highest BCUT2D eigenvalue weighted by molar-refractivity contribution is 7.92. The van der Waals surface area contributed by atoms with Gasteiger partial charge in [0.2, 0.25) is 10.0 Å². The minimum atomic E-state index is -3.58. The second-order valence-corrected chi connectivity index (χ2v) is 9.96. The molecule has 2 aromatic carbocycles. The van der Waals surface area contributed by atoms with Crippen molar-refractivity contribution >= 4 is 21.4 Å². The smallest absolute Gasteiger partial charge is 0.236 e. The molecule has 174 valence electrons. The number of hydrogen-bond donors (Lipinski definition) is 1. The number of hydrogen-bond acceptors (Lipinski definition) is 6. The summed E-state index contributed by atoms with van der Waals surface area (Å²) in [5.41, 5.74) is 9.48. The molecule has 0 bridgehead atoms. The van der Waals surface area contributed by atoms with Crippen LogP contribution in [-0.4, -0.2) is 33.6 Å². The van der Waals surface area contributed by atoms with Gasteiger partial charge in [0.15, 0.2) is 0 Å². The van der Waals surface area contributed by atoms with Gasteiger partial charge in [-0.05, 0) is 42.7 Å². The first kappa shape index (κ1) is 22.1. The van der Waals surface area contributed by atoms with Gasteiger partial charge in [-0.2, -0.15) is 4.31 Å². The summed E-state index contributed by atoms with van der Waals surface area (Å²) >= 11 is 0. The van der Waals surface area contributed by atoms with Crippen molar-refractivity contribution in [3.63, 3.8) is 0 Å². The van der Waals surface area contributed by atoms with E-state index in [1.165, 1.54) is 4.31 Å². The maximum Gasteiger partial charge on any atom is 0.236 e. The first-order valence-electron chi connectivity index (χ1n) is 11.0. The molecule has 8 nitrogen and oxygen atoms in total. The average Bonchev–Trinajstić information content (AvgIpc) is 3.50. The molecule has 2 N–H and O–H groups in total. The summed E-state index contributed by atoms with van der Waals surface area (Å²) in [7, 11) is -3.58. The first-order chi connectivity index (χ1) is 16.5. The summed E-state index contributed by atoms with van der Waals surface area (Å²) in [6.07, 6.45) is 4.78. The third-order valence-corrected chi connectivity index (χ3v) is 7.54. The molecule has 0 amide bonds. The number of nitrogen functional groups attached to an aromatic ring is 1. The van der Waals surface area contributed by atoms with Gasteiger partial charge in [-0.3, -0.25) is 4.40 Å². The maximum atomic E-state index is 12.6. The maximum absolute atomic E-state index is 12.6. The van der Waals surface area contributed by atoms with Crippen LogP contribution in [0.4, 0.5) is 5.82 Å². The average molecular weight is 476 g/mol. The number of anilines is 1. The third kappa shape index (κ3) is 4.04. The lowest BCUT2D eigenvalue weighted by Gasteiger charge is -2.21. The van der Waals surface area contributed by atoms with Gasteiger partial charge in [-0.15, -0.1) is 0 Å². The van der Waals surface area contributed by atoms with Crippen LogP contribution < -0.4 is 10.5 Å². The number of aromatic nitrogens is 3. The Morgan fingerprint density at radius 1 is 1.15 bits per heavy atom. The topological polar surface area (TPSA) is 103 Å². The van der Waals surface area contributed by atoms with Gasteiger partial charge >= 0.3 is 0 Å². The minimum absolute atomic E-state index is 0.330. The SMILES string of the molecule is C=CS(=O)(=O)N1CCC[C@H]1c1nc(-c2ccc(OCc3ccccc3)cc2)c2c(N)nccn12. The van der Waals surface area contributed by atoms with Crippen LogP contribution in [0.15, 0.2) is 79.0 Å². The molecule has 3 heterocycles. The summed E-state index contributed by atoms with van der Waals surface area (Å²) < 4.78 is 34.4. The van der Waals surface area contributed by atoms with Crippen molar-refractivity contribution < 1.29 is 13.2 Å². The summed E-state index contributed by atoms with van der Waals surface area (Å²) in [6.45, 7) is 4.38. The highest BCUT2D eigenvalue weighted by Crippen LogP contribution is 2.38. The number of fused-ring (bicyclic) bond motifs is 1. The quantitative estimate of drug-likeness (QED) is 0.430. The molecule has 4 aromatic rings. The van der Waals surface area contributed by atoms with Crippen LogP contribution in [0.25, 0.3) is 16.8 Å². The van der Waals surface area contributed by atoms with E-state index in [9.17, 15) is 8.42 Å². The van der Waals surface area contributed by atoms with Crippen molar-refractivity contribution in [2.24, 2.45) is 0 Å². The van der Waals surface area contributed by atoms with E-state index in [1.807, 2.05) is 59.0 Å². The van der Waals surface area contributed by atoms with E-state index in [1.54, 1.807) is 12.4 Å². The molecule has 1 saturated heterocycles. The van der Waals surface area contributed by atoms with Crippen molar-refractivity contribution in [1.82, 2.24) is 18.7 Å². The predicted molar refractivity (Wildman–Crippen MR) is 131 cm³/mol. The van der Waals surface area contributed by atoms with Gasteiger partial charge in [0.1, 0.15) is 35.2 Å². The Labute approximate surface area is 198 Å². The van der Waals surface area contributed by atoms with Gasteiger partial charge in [0.25, 0.3) is 0 Å². The first-order valence-corrected chi connectivity index (χ1v) is 12.5. The van der Waals surface area contributed by atoms with Crippen LogP contribution in [-0.2, 0) is 16.6 Å². The van der Waals surface area contributed by atoms with E-state index in [0.717, 1.165) is 28.7 Å². The highest BCUT2D eigenvalue weighted by Gasteiger charge is 2.37. The van der Waals surface area contributed by atoms with Crippen molar-refractivity contribution in [3.8, 4) is 17.0 Å². The lowest BCUT2D eigenvalue weighted by molar-refractivity contribution is 0.306. The Morgan fingerprint density at radius 3 is 2.65 bits per heavy atom. The lowest BCUT2D eigenvalue weighted by atomic mass is 10.1. The number of sulfonamides is 1. The molecule has 1 atom stereocenters. The molecular formula is C25H25N5O3S. The van der Waals surface area contributed by atoms with E-state index in [2.05, 4.69) is 11.6 Å². The molecule has 34 heavy (non-hydrogen) atoms. The van der Waals surface area contributed by atoms with E-state index >= 15 is 0 Å². The zero-order valence-electron chi connectivity index (χ0n) is 18.5. The Kier molecular flexibility index (Phi) is 5.80. The Morgan fingerprint density at radius 2 is 1.91 bits per heavy atom. The molecule has 1 fully saturated rings. The van der Waals surface area contributed by atoms with Crippen LogP contribution in [0.2, 0.25) is 0 Å². The number of rotatable bonds is 7. The number of ether oxygens (including phenoxy) is 1. The summed E-state index contributed by atoms with van der Waals surface area (Å²) in [6, 6.07) is 17.2. The molecule has 0 radical (unpaired) electrons. The third-order valence-electron chi connectivity index (χ3n) is 6.03. The molecule has 0 unspecified atom stereocenters. The fourth-order valence-corrected chi connectivity index (χ4v) is 5.50. The second-order valence-electron chi connectivity index (χ2n) is 8.13. The van der Waals surface area contributed by atoms with Gasteiger partial charge in [-0.25, -0.2) is 18.4 Å². The lowest BCUT2D eigenvalue weighted by Crippen LogP contribution is -2.29. The van der Waals surface area contributed by atoms with Crippen LogP contribution in [0.3, 0.4) is 0 Å². The zero-order chi connectivity index (χ0) is 23.7. The van der Waals surface area contributed by atoms with Gasteiger partial charge < -0.3 is 10.5 Å². The van der Waals surface area contributed by atoms with E-state index in [4.69, 9.17) is 15.5 Å². The van der Waals surface area contributed by atoms with Crippen LogP contribution >= 0.6 is 0 Å². The van der Waals surface area contributed by atoms with Crippen LogP contribution in [0, 0.1) is 0 Å². The standard InChI is InChI=1S/C25H25N5O3S/c1-2-34(31,32)30-15-6-9-21(30)25-28-22(23-24(26)27-14-16-29(23)25)19-10-12-20(13-11-19)33-17-18-7-4-3-5-8-18/h2-5,7-8,10-14,16,21H,1,6,9,15,17H2,(H2,26,27)/t21-/m0/s1. The number of nitrogens with zero attached hydrogens (tertiary/aromatic N) is 4. The normalized spacial score (nSPS) is 16.6. The summed E-state index contributed by atoms with van der Waals surface area (Å²) in [5.74, 6) is 1.68. The van der Waals surface area contributed by atoms with Crippen molar-refractivity contribution in [3.05, 3.63) is 90.4 Å². The molecule has 0 spiro atoms. The number of nitrogens with two attached hydrogens (primary N) is 1. The van der Waals surface area contributed by atoms with E-state index < -0.39 is 16.1 Å². The van der Waals surface area contributed by atoms with Gasteiger partial charge in [-0.1, -0.05) is 36.9 Å². The predicted octanol–water partition coefficient (Wildman–Crippen LogP) is 4.17. The number of benzene rings is 2. The second kappa shape index (κ2) is 8.92. The molecule has 1 aliphatic rings. The highest BCUT2D eigenvalue weighted by atomic mass is 32.2. The van der Waals surface area contributed by atoms with Gasteiger partial charge in [0, 0.05) is 29.9 Å². The monoisotopic (exact) mass is 475 g/mol. The van der Waals surface area contributed by atoms with Crippen molar-refractivity contribution in [2.75, 3.05) is 12.3 Å². The van der Waals surface area contributed by atoms with Crippen LogP contribution in [0.5, 0.6) is 5.75 Å². The summed E-state index contributed by atoms with van der Waals surface area (Å²) in [4.78, 5) is 9.13. The molecule has 1 aliphatic heterocycles. The van der Waals surface area contributed by atoms with Crippen molar-refractivity contribution in [1.29, 1.82) is 0 Å². The zero-order valence-corrected chi connectivity index (χ0v) is 19.4. The molecule has 0 aliphatic carbocycles. The van der Waals surface area contributed by atoms with Crippen LogP contribution in [0.1, 0.15) is 30.3 Å².